The second-order valence-corrected chi connectivity index (χ2v) is 4.29. The van der Waals surface area contributed by atoms with Crippen LogP contribution in [0.4, 0.5) is 4.39 Å². The highest BCUT2D eigenvalue weighted by Crippen LogP contribution is 2.19. The Morgan fingerprint density at radius 2 is 2.14 bits per heavy atom. The van der Waals surface area contributed by atoms with Crippen LogP contribution in [0.2, 0.25) is 0 Å². The van der Waals surface area contributed by atoms with Crippen LogP contribution < -0.4 is 5.32 Å². The predicted molar refractivity (Wildman–Crippen MR) is 60.8 cm³/mol. The summed E-state index contributed by atoms with van der Waals surface area (Å²) in [6.45, 7) is 5.10. The molecule has 14 heavy (non-hydrogen) atoms. The Hall–Kier alpha value is -0.410. The van der Waals surface area contributed by atoms with Crippen molar-refractivity contribution in [3.8, 4) is 0 Å². The van der Waals surface area contributed by atoms with Crippen LogP contribution in [0.1, 0.15) is 31.9 Å². The molecule has 0 heterocycles. The third-order valence-electron chi connectivity index (χ3n) is 2.09. The summed E-state index contributed by atoms with van der Waals surface area (Å²) in [5.74, 6) is -0.195. The molecule has 0 amide bonds. The highest BCUT2D eigenvalue weighted by atomic mass is 79.9. The molecule has 3 heteroatoms. The molecule has 0 aliphatic rings. The Kier molecular flexibility index (Phi) is 4.55. The number of hydrogen-bond donors (Lipinski definition) is 1. The van der Waals surface area contributed by atoms with Gasteiger partial charge in [-0.15, -0.1) is 0 Å². The van der Waals surface area contributed by atoms with Gasteiger partial charge in [0.2, 0.25) is 0 Å². The maximum atomic E-state index is 13.1. The molecule has 1 atom stereocenters. The van der Waals surface area contributed by atoms with Crippen molar-refractivity contribution < 1.29 is 4.39 Å². The summed E-state index contributed by atoms with van der Waals surface area (Å²) in [6.07, 6.45) is 1.08. The molecule has 78 valence electrons. The molecule has 0 aliphatic heterocycles. The monoisotopic (exact) mass is 259 g/mol. The van der Waals surface area contributed by atoms with Crippen LogP contribution in [0.3, 0.4) is 0 Å². The van der Waals surface area contributed by atoms with E-state index in [1.165, 1.54) is 6.07 Å². The van der Waals surface area contributed by atoms with Crippen molar-refractivity contribution in [2.45, 2.75) is 26.3 Å². The Labute approximate surface area is 92.8 Å². The molecule has 0 radical (unpaired) electrons. The molecule has 1 aromatic carbocycles. The first kappa shape index (κ1) is 11.7. The molecule has 0 bridgehead atoms. The highest BCUT2D eigenvalue weighted by Gasteiger charge is 2.06. The van der Waals surface area contributed by atoms with Crippen LogP contribution >= 0.6 is 15.9 Å². The molecular formula is C11H15BrFN. The van der Waals surface area contributed by atoms with Crippen LogP contribution in [0.5, 0.6) is 0 Å². The van der Waals surface area contributed by atoms with E-state index < -0.39 is 0 Å². The van der Waals surface area contributed by atoms with Crippen molar-refractivity contribution >= 4 is 15.9 Å². The lowest BCUT2D eigenvalue weighted by molar-refractivity contribution is 0.561. The summed E-state index contributed by atoms with van der Waals surface area (Å²) in [4.78, 5) is 0. The fourth-order valence-corrected chi connectivity index (χ4v) is 1.79. The van der Waals surface area contributed by atoms with Crippen LogP contribution in [-0.4, -0.2) is 6.54 Å². The van der Waals surface area contributed by atoms with Crippen LogP contribution in [-0.2, 0) is 0 Å². The standard InChI is InChI=1S/C11H15BrFN/c1-3-4-14-8(2)9-5-10(12)7-11(13)6-9/h5-8,14H,3-4H2,1-2H3. The molecule has 1 unspecified atom stereocenters. The number of halogens is 2. The van der Waals surface area contributed by atoms with E-state index in [1.807, 2.05) is 13.0 Å². The summed E-state index contributed by atoms with van der Waals surface area (Å²) in [5.41, 5.74) is 0.977. The molecule has 1 rings (SSSR count). The van der Waals surface area contributed by atoms with Crippen molar-refractivity contribution in [1.82, 2.24) is 5.32 Å². The average Bonchev–Trinajstić information content (AvgIpc) is 2.12. The van der Waals surface area contributed by atoms with E-state index in [1.54, 1.807) is 6.07 Å². The zero-order valence-electron chi connectivity index (χ0n) is 8.48. The van der Waals surface area contributed by atoms with Gasteiger partial charge in [0, 0.05) is 10.5 Å². The van der Waals surface area contributed by atoms with Gasteiger partial charge in [0.05, 0.1) is 0 Å². The molecule has 1 nitrogen and oxygen atoms in total. The Balaban J connectivity index is 2.73. The van der Waals surface area contributed by atoms with E-state index in [-0.39, 0.29) is 11.9 Å². The van der Waals surface area contributed by atoms with Gasteiger partial charge in [-0.25, -0.2) is 4.39 Å². The fourth-order valence-electron chi connectivity index (χ4n) is 1.30. The minimum atomic E-state index is -0.195. The maximum Gasteiger partial charge on any atom is 0.124 e. The zero-order chi connectivity index (χ0) is 10.6. The van der Waals surface area contributed by atoms with E-state index >= 15 is 0 Å². The van der Waals surface area contributed by atoms with Crippen LogP contribution in [0.25, 0.3) is 0 Å². The van der Waals surface area contributed by atoms with E-state index in [9.17, 15) is 4.39 Å². The van der Waals surface area contributed by atoms with Gasteiger partial charge < -0.3 is 5.32 Å². The van der Waals surface area contributed by atoms with Crippen molar-refractivity contribution in [3.05, 3.63) is 34.1 Å². The molecule has 0 saturated carbocycles. The first-order valence-electron chi connectivity index (χ1n) is 4.83. The summed E-state index contributed by atoms with van der Waals surface area (Å²) in [6, 6.07) is 5.17. The third-order valence-corrected chi connectivity index (χ3v) is 2.54. The van der Waals surface area contributed by atoms with Gasteiger partial charge >= 0.3 is 0 Å². The Bertz CT molecular complexity index is 281. The molecule has 0 aliphatic carbocycles. The third kappa shape index (κ3) is 3.39. The molecule has 0 fully saturated rings. The smallest absolute Gasteiger partial charge is 0.124 e. The van der Waals surface area contributed by atoms with Crippen molar-refractivity contribution in [2.24, 2.45) is 0 Å². The van der Waals surface area contributed by atoms with Crippen LogP contribution in [0, 0.1) is 5.82 Å². The van der Waals surface area contributed by atoms with Crippen LogP contribution in [0.15, 0.2) is 22.7 Å². The zero-order valence-corrected chi connectivity index (χ0v) is 10.1. The van der Waals surface area contributed by atoms with E-state index in [0.29, 0.717) is 0 Å². The maximum absolute atomic E-state index is 13.1. The average molecular weight is 260 g/mol. The topological polar surface area (TPSA) is 12.0 Å². The fraction of sp³-hybridized carbons (Fsp3) is 0.455. The summed E-state index contributed by atoms with van der Waals surface area (Å²) >= 11 is 3.28. The molecule has 0 saturated heterocycles. The van der Waals surface area contributed by atoms with Crippen molar-refractivity contribution in [2.75, 3.05) is 6.54 Å². The lowest BCUT2D eigenvalue weighted by Crippen LogP contribution is -2.19. The number of hydrogen-bond acceptors (Lipinski definition) is 1. The Morgan fingerprint density at radius 1 is 1.43 bits per heavy atom. The van der Waals surface area contributed by atoms with Gasteiger partial charge in [-0.05, 0) is 43.7 Å². The molecular weight excluding hydrogens is 245 g/mol. The van der Waals surface area contributed by atoms with Gasteiger partial charge in [-0.1, -0.05) is 22.9 Å². The van der Waals surface area contributed by atoms with Crippen molar-refractivity contribution in [3.63, 3.8) is 0 Å². The highest BCUT2D eigenvalue weighted by molar-refractivity contribution is 9.10. The summed E-state index contributed by atoms with van der Waals surface area (Å²) < 4.78 is 13.8. The lowest BCUT2D eigenvalue weighted by Gasteiger charge is -2.13. The van der Waals surface area contributed by atoms with E-state index in [0.717, 1.165) is 23.0 Å². The first-order chi connectivity index (χ1) is 6.63. The normalized spacial score (nSPS) is 12.9. The molecule has 1 aromatic rings. The molecule has 1 N–H and O–H groups in total. The lowest BCUT2D eigenvalue weighted by atomic mass is 10.1. The quantitative estimate of drug-likeness (QED) is 0.871. The second-order valence-electron chi connectivity index (χ2n) is 3.38. The Morgan fingerprint density at radius 3 is 2.71 bits per heavy atom. The summed E-state index contributed by atoms with van der Waals surface area (Å²) in [5, 5.41) is 3.32. The number of benzene rings is 1. The van der Waals surface area contributed by atoms with Gasteiger partial charge in [-0.3, -0.25) is 0 Å². The van der Waals surface area contributed by atoms with E-state index in [2.05, 4.69) is 28.2 Å². The largest absolute Gasteiger partial charge is 0.310 e. The second kappa shape index (κ2) is 5.47. The first-order valence-corrected chi connectivity index (χ1v) is 5.62. The molecule has 0 spiro atoms. The number of rotatable bonds is 4. The minimum Gasteiger partial charge on any atom is -0.310 e. The number of nitrogens with one attached hydrogen (secondary N) is 1. The van der Waals surface area contributed by atoms with Gasteiger partial charge in [0.1, 0.15) is 5.82 Å². The van der Waals surface area contributed by atoms with Gasteiger partial charge in [0.25, 0.3) is 0 Å². The minimum absolute atomic E-state index is 0.195. The van der Waals surface area contributed by atoms with E-state index in [4.69, 9.17) is 0 Å². The van der Waals surface area contributed by atoms with Gasteiger partial charge in [-0.2, -0.15) is 0 Å². The molecule has 0 aromatic heterocycles. The van der Waals surface area contributed by atoms with Crippen molar-refractivity contribution in [1.29, 1.82) is 0 Å². The van der Waals surface area contributed by atoms with Gasteiger partial charge in [0.15, 0.2) is 0 Å². The predicted octanol–water partition coefficient (Wildman–Crippen LogP) is 3.65. The SMILES string of the molecule is CCCNC(C)c1cc(F)cc(Br)c1. The summed E-state index contributed by atoms with van der Waals surface area (Å²) in [7, 11) is 0.